The highest BCUT2D eigenvalue weighted by Crippen LogP contribution is 2.32. The number of hydrogen-bond donors (Lipinski definition) is 2. The predicted octanol–water partition coefficient (Wildman–Crippen LogP) is 5.22. The molecule has 0 unspecified atom stereocenters. The number of halogens is 1. The van der Waals surface area contributed by atoms with Gasteiger partial charge in [0.2, 0.25) is 0 Å². The van der Waals surface area contributed by atoms with Crippen molar-refractivity contribution >= 4 is 40.8 Å². The molecular formula is C22H22ClN3O3. The molecule has 1 saturated carbocycles. The van der Waals surface area contributed by atoms with Gasteiger partial charge < -0.3 is 10.6 Å². The van der Waals surface area contributed by atoms with Crippen LogP contribution in [0.2, 0.25) is 5.02 Å². The largest absolute Gasteiger partial charge is 0.323 e. The number of carbonyl (C=O) groups is 3. The molecule has 0 bridgehead atoms. The maximum Gasteiger partial charge on any atom is 0.323 e. The third-order valence-electron chi connectivity index (χ3n) is 5.55. The summed E-state index contributed by atoms with van der Waals surface area (Å²) >= 11 is 6.08. The summed E-state index contributed by atoms with van der Waals surface area (Å²) in [6.07, 6.45) is 4.94. The quantitative estimate of drug-likeness (QED) is 0.679. The number of fused-ring (bicyclic) bond motifs is 1. The van der Waals surface area contributed by atoms with Crippen LogP contribution in [0.3, 0.4) is 0 Å². The first-order valence-corrected chi connectivity index (χ1v) is 10.2. The highest BCUT2D eigenvalue weighted by atomic mass is 35.5. The van der Waals surface area contributed by atoms with E-state index in [1.807, 2.05) is 13.0 Å². The first-order valence-electron chi connectivity index (χ1n) is 9.80. The van der Waals surface area contributed by atoms with Crippen molar-refractivity contribution in [2.75, 3.05) is 10.6 Å². The van der Waals surface area contributed by atoms with Crippen LogP contribution in [0.5, 0.6) is 0 Å². The van der Waals surface area contributed by atoms with Crippen molar-refractivity contribution in [3.63, 3.8) is 0 Å². The molecule has 2 aromatic rings. The fourth-order valence-electron chi connectivity index (χ4n) is 3.97. The summed E-state index contributed by atoms with van der Waals surface area (Å²) in [5, 5.41) is 5.98. The lowest BCUT2D eigenvalue weighted by Gasteiger charge is -2.29. The van der Waals surface area contributed by atoms with Crippen molar-refractivity contribution in [1.29, 1.82) is 0 Å². The summed E-state index contributed by atoms with van der Waals surface area (Å²) < 4.78 is 0. The standard InChI is InChI=1S/C22H22ClN3O3/c1-13-7-8-15(12-19(13)23)25-22(29)24-14-9-10-17-18(11-14)21(28)26(20(17)27)16-5-3-2-4-6-16/h7-12,16H,2-6H2,1H3,(H2,24,25,29). The molecule has 7 heteroatoms. The second-order valence-corrected chi connectivity index (χ2v) is 7.98. The number of urea groups is 1. The fraction of sp³-hybridized carbons (Fsp3) is 0.318. The van der Waals surface area contributed by atoms with E-state index in [4.69, 9.17) is 11.6 Å². The van der Waals surface area contributed by atoms with Crippen molar-refractivity contribution in [2.45, 2.75) is 45.1 Å². The van der Waals surface area contributed by atoms with E-state index in [0.717, 1.165) is 37.7 Å². The van der Waals surface area contributed by atoms with E-state index in [1.165, 1.54) is 4.90 Å². The van der Waals surface area contributed by atoms with Gasteiger partial charge in [-0.25, -0.2) is 4.79 Å². The van der Waals surface area contributed by atoms with Crippen LogP contribution in [0.25, 0.3) is 0 Å². The normalized spacial score (nSPS) is 16.7. The number of nitrogens with one attached hydrogen (secondary N) is 2. The van der Waals surface area contributed by atoms with Gasteiger partial charge in [-0.1, -0.05) is 36.9 Å². The van der Waals surface area contributed by atoms with Gasteiger partial charge in [-0.15, -0.1) is 0 Å². The molecule has 0 radical (unpaired) electrons. The summed E-state index contributed by atoms with van der Waals surface area (Å²) in [4.78, 5) is 39.3. The van der Waals surface area contributed by atoms with Crippen molar-refractivity contribution in [3.8, 4) is 0 Å². The molecule has 1 aliphatic heterocycles. The second-order valence-electron chi connectivity index (χ2n) is 7.58. The van der Waals surface area contributed by atoms with E-state index in [2.05, 4.69) is 10.6 Å². The number of carbonyl (C=O) groups excluding carboxylic acids is 3. The van der Waals surface area contributed by atoms with E-state index in [1.54, 1.807) is 30.3 Å². The summed E-state index contributed by atoms with van der Waals surface area (Å²) in [5.74, 6) is -0.506. The molecule has 1 fully saturated rings. The minimum absolute atomic E-state index is 0.0258. The molecule has 0 atom stereocenters. The SMILES string of the molecule is Cc1ccc(NC(=O)Nc2ccc3c(c2)C(=O)N(C2CCCCC2)C3=O)cc1Cl. The Hall–Kier alpha value is -2.86. The topological polar surface area (TPSA) is 78.5 Å². The first-order chi connectivity index (χ1) is 13.9. The Kier molecular flexibility index (Phi) is 5.28. The number of amides is 4. The summed E-state index contributed by atoms with van der Waals surface area (Å²) in [5.41, 5.74) is 2.68. The molecule has 2 N–H and O–H groups in total. The molecule has 0 spiro atoms. The zero-order valence-electron chi connectivity index (χ0n) is 16.1. The minimum atomic E-state index is -0.453. The van der Waals surface area contributed by atoms with Gasteiger partial charge in [0.25, 0.3) is 11.8 Å². The van der Waals surface area contributed by atoms with Gasteiger partial charge in [-0.05, 0) is 55.7 Å². The van der Waals surface area contributed by atoms with Crippen LogP contribution >= 0.6 is 11.6 Å². The van der Waals surface area contributed by atoms with E-state index >= 15 is 0 Å². The smallest absolute Gasteiger partial charge is 0.308 e. The van der Waals surface area contributed by atoms with Crippen molar-refractivity contribution in [2.24, 2.45) is 0 Å². The lowest BCUT2D eigenvalue weighted by Crippen LogP contribution is -2.40. The van der Waals surface area contributed by atoms with E-state index < -0.39 is 6.03 Å². The molecule has 1 aliphatic carbocycles. The number of anilines is 2. The van der Waals surface area contributed by atoms with Gasteiger partial charge in [0.1, 0.15) is 0 Å². The van der Waals surface area contributed by atoms with Crippen LogP contribution in [-0.4, -0.2) is 28.8 Å². The summed E-state index contributed by atoms with van der Waals surface area (Å²) in [7, 11) is 0. The van der Waals surface area contributed by atoms with Gasteiger partial charge in [0, 0.05) is 22.4 Å². The molecule has 6 nitrogen and oxygen atoms in total. The number of imide groups is 1. The number of nitrogens with zero attached hydrogens (tertiary/aromatic N) is 1. The summed E-state index contributed by atoms with van der Waals surface area (Å²) in [6.45, 7) is 1.88. The Balaban J connectivity index is 1.48. The zero-order valence-corrected chi connectivity index (χ0v) is 16.9. The van der Waals surface area contributed by atoms with Crippen molar-refractivity contribution in [1.82, 2.24) is 4.90 Å². The van der Waals surface area contributed by atoms with Crippen molar-refractivity contribution < 1.29 is 14.4 Å². The Morgan fingerprint density at radius 3 is 2.24 bits per heavy atom. The van der Waals surface area contributed by atoms with Crippen LogP contribution in [0, 0.1) is 6.92 Å². The molecule has 1 heterocycles. The van der Waals surface area contributed by atoms with E-state index in [-0.39, 0.29) is 17.9 Å². The average molecular weight is 412 g/mol. The molecule has 29 heavy (non-hydrogen) atoms. The van der Waals surface area contributed by atoms with Crippen LogP contribution in [0.4, 0.5) is 16.2 Å². The van der Waals surface area contributed by atoms with Crippen LogP contribution < -0.4 is 10.6 Å². The minimum Gasteiger partial charge on any atom is -0.308 e. The lowest BCUT2D eigenvalue weighted by atomic mass is 9.94. The fourth-order valence-corrected chi connectivity index (χ4v) is 4.15. The first kappa shape index (κ1) is 19.5. The Morgan fingerprint density at radius 1 is 0.931 bits per heavy atom. The Labute approximate surface area is 174 Å². The van der Waals surface area contributed by atoms with Crippen molar-refractivity contribution in [3.05, 3.63) is 58.1 Å². The number of hydrogen-bond acceptors (Lipinski definition) is 3. The maximum atomic E-state index is 12.9. The third kappa shape index (κ3) is 3.85. The molecular weight excluding hydrogens is 390 g/mol. The highest BCUT2D eigenvalue weighted by molar-refractivity contribution is 6.31. The zero-order chi connectivity index (χ0) is 20.5. The van der Waals surface area contributed by atoms with Crippen LogP contribution in [0.1, 0.15) is 58.4 Å². The van der Waals surface area contributed by atoms with Gasteiger partial charge in [0.05, 0.1) is 11.1 Å². The van der Waals surface area contributed by atoms with Gasteiger partial charge in [-0.3, -0.25) is 14.5 Å². The predicted molar refractivity (Wildman–Crippen MR) is 113 cm³/mol. The average Bonchev–Trinajstić information content (AvgIpc) is 2.95. The number of aryl methyl sites for hydroxylation is 1. The summed E-state index contributed by atoms with van der Waals surface area (Å²) in [6, 6.07) is 9.58. The van der Waals surface area contributed by atoms with E-state index in [9.17, 15) is 14.4 Å². The third-order valence-corrected chi connectivity index (χ3v) is 5.95. The maximum absolute atomic E-state index is 12.9. The Bertz CT molecular complexity index is 999. The molecule has 0 aromatic heterocycles. The molecule has 2 aliphatic rings. The molecule has 4 amide bonds. The second kappa shape index (κ2) is 7.87. The molecule has 2 aromatic carbocycles. The van der Waals surface area contributed by atoms with Gasteiger partial charge >= 0.3 is 6.03 Å². The molecule has 150 valence electrons. The van der Waals surface area contributed by atoms with Gasteiger partial charge in [0.15, 0.2) is 0 Å². The monoisotopic (exact) mass is 411 g/mol. The van der Waals surface area contributed by atoms with E-state index in [0.29, 0.717) is 27.5 Å². The highest BCUT2D eigenvalue weighted by Gasteiger charge is 2.40. The number of rotatable bonds is 3. The van der Waals surface area contributed by atoms with Gasteiger partial charge in [-0.2, -0.15) is 0 Å². The van der Waals surface area contributed by atoms with Crippen LogP contribution in [-0.2, 0) is 0 Å². The van der Waals surface area contributed by atoms with Crippen LogP contribution in [0.15, 0.2) is 36.4 Å². The molecule has 4 rings (SSSR count). The molecule has 0 saturated heterocycles. The lowest BCUT2D eigenvalue weighted by molar-refractivity contribution is 0.0549. The number of benzene rings is 2. The Morgan fingerprint density at radius 2 is 1.55 bits per heavy atom.